The Bertz CT molecular complexity index is 325. The zero-order valence-corrected chi connectivity index (χ0v) is 13.6. The molecule has 0 radical (unpaired) electrons. The van der Waals surface area contributed by atoms with Crippen molar-refractivity contribution in [1.29, 1.82) is 0 Å². The number of piperidine rings is 1. The Balaban J connectivity index is 0.00000180. The largest absolute Gasteiger partial charge is 0.339 e. The maximum Gasteiger partial charge on any atom is 0.227 e. The fourth-order valence-corrected chi connectivity index (χ4v) is 3.76. The molecule has 1 amide bonds. The summed E-state index contributed by atoms with van der Waals surface area (Å²) in [6.07, 6.45) is 4.49. The third-order valence-corrected chi connectivity index (χ3v) is 5.68. The van der Waals surface area contributed by atoms with Crippen molar-refractivity contribution >= 4 is 18.3 Å². The average molecular weight is 289 g/mol. The van der Waals surface area contributed by atoms with E-state index >= 15 is 0 Å². The van der Waals surface area contributed by atoms with Crippen LogP contribution in [0.15, 0.2) is 0 Å². The van der Waals surface area contributed by atoms with E-state index in [2.05, 4.69) is 32.6 Å². The van der Waals surface area contributed by atoms with Crippen molar-refractivity contribution in [3.05, 3.63) is 0 Å². The van der Waals surface area contributed by atoms with Crippen molar-refractivity contribution in [2.24, 2.45) is 22.5 Å². The maximum atomic E-state index is 12.8. The van der Waals surface area contributed by atoms with Gasteiger partial charge in [0, 0.05) is 18.5 Å². The molecule has 2 aliphatic rings. The molecular weight excluding hydrogens is 260 g/mol. The number of nitrogens with two attached hydrogens (primary N) is 1. The lowest BCUT2D eigenvalue weighted by molar-refractivity contribution is -0.137. The molecule has 1 saturated carbocycles. The summed E-state index contributed by atoms with van der Waals surface area (Å²) in [5.41, 5.74) is 5.98. The molecule has 1 unspecified atom stereocenters. The summed E-state index contributed by atoms with van der Waals surface area (Å²) in [5.74, 6) is 0.575. The molecule has 4 heteroatoms. The predicted molar refractivity (Wildman–Crippen MR) is 81.3 cm³/mol. The number of rotatable bonds is 3. The summed E-state index contributed by atoms with van der Waals surface area (Å²) in [6.45, 7) is 10.5. The van der Waals surface area contributed by atoms with Gasteiger partial charge < -0.3 is 10.6 Å². The van der Waals surface area contributed by atoms with Crippen LogP contribution < -0.4 is 5.73 Å². The zero-order chi connectivity index (χ0) is 13.6. The van der Waals surface area contributed by atoms with Crippen molar-refractivity contribution in [2.75, 3.05) is 13.1 Å². The Morgan fingerprint density at radius 1 is 1.21 bits per heavy atom. The molecule has 112 valence electrons. The number of likely N-dealkylation sites (tertiary alicyclic amines) is 1. The number of nitrogens with zero attached hydrogens (tertiary/aromatic N) is 1. The van der Waals surface area contributed by atoms with Crippen LogP contribution in [-0.2, 0) is 4.79 Å². The SMILES string of the molecule is CC1(C)C(C(=O)N2CCCCC2CCN)C1(C)C.Cl. The van der Waals surface area contributed by atoms with Crippen molar-refractivity contribution in [2.45, 2.75) is 59.4 Å². The van der Waals surface area contributed by atoms with Gasteiger partial charge in [-0.3, -0.25) is 4.79 Å². The number of halogens is 1. The molecule has 1 aliphatic heterocycles. The highest BCUT2D eigenvalue weighted by Crippen LogP contribution is 2.69. The molecular formula is C15H29ClN2O. The second kappa shape index (κ2) is 5.61. The zero-order valence-electron chi connectivity index (χ0n) is 12.7. The quantitative estimate of drug-likeness (QED) is 0.868. The normalized spacial score (nSPS) is 28.7. The van der Waals surface area contributed by atoms with E-state index in [0.717, 1.165) is 25.8 Å². The van der Waals surface area contributed by atoms with Crippen LogP contribution >= 0.6 is 12.4 Å². The Morgan fingerprint density at radius 3 is 2.26 bits per heavy atom. The van der Waals surface area contributed by atoms with E-state index < -0.39 is 0 Å². The summed E-state index contributed by atoms with van der Waals surface area (Å²) in [4.78, 5) is 14.9. The fraction of sp³-hybridized carbons (Fsp3) is 0.933. The van der Waals surface area contributed by atoms with E-state index in [-0.39, 0.29) is 29.2 Å². The molecule has 1 aliphatic carbocycles. The monoisotopic (exact) mass is 288 g/mol. The minimum atomic E-state index is 0. The van der Waals surface area contributed by atoms with Gasteiger partial charge >= 0.3 is 0 Å². The van der Waals surface area contributed by atoms with Crippen LogP contribution in [0.25, 0.3) is 0 Å². The minimum absolute atomic E-state index is 0. The van der Waals surface area contributed by atoms with E-state index in [1.165, 1.54) is 6.42 Å². The van der Waals surface area contributed by atoms with E-state index in [4.69, 9.17) is 5.73 Å². The Kier molecular flexibility index (Phi) is 4.95. The molecule has 1 atom stereocenters. The van der Waals surface area contributed by atoms with Crippen molar-refractivity contribution in [3.63, 3.8) is 0 Å². The highest BCUT2D eigenvalue weighted by Gasteiger charge is 2.69. The van der Waals surface area contributed by atoms with Crippen LogP contribution in [0.5, 0.6) is 0 Å². The van der Waals surface area contributed by atoms with Gasteiger partial charge in [0.2, 0.25) is 5.91 Å². The molecule has 3 nitrogen and oxygen atoms in total. The standard InChI is InChI=1S/C15H28N2O.ClH/c1-14(2)12(15(14,3)4)13(18)17-10-6-5-7-11(17)8-9-16;/h11-12H,5-10,16H2,1-4H3;1H. The van der Waals surface area contributed by atoms with Gasteiger partial charge in [-0.1, -0.05) is 27.7 Å². The lowest BCUT2D eigenvalue weighted by Crippen LogP contribution is -2.46. The van der Waals surface area contributed by atoms with Gasteiger partial charge in [0.25, 0.3) is 0 Å². The fourth-order valence-electron chi connectivity index (χ4n) is 3.76. The molecule has 0 bridgehead atoms. The summed E-state index contributed by atoms with van der Waals surface area (Å²) >= 11 is 0. The summed E-state index contributed by atoms with van der Waals surface area (Å²) < 4.78 is 0. The second-order valence-corrected chi connectivity index (χ2v) is 7.13. The molecule has 2 rings (SSSR count). The van der Waals surface area contributed by atoms with Crippen LogP contribution in [0.1, 0.15) is 53.4 Å². The van der Waals surface area contributed by atoms with Gasteiger partial charge in [-0.15, -0.1) is 12.4 Å². The summed E-state index contributed by atoms with van der Waals surface area (Å²) in [5, 5.41) is 0. The van der Waals surface area contributed by atoms with E-state index in [9.17, 15) is 4.79 Å². The number of carbonyl (C=O) groups is 1. The number of hydrogen-bond donors (Lipinski definition) is 1. The third-order valence-electron chi connectivity index (χ3n) is 5.68. The van der Waals surface area contributed by atoms with Crippen molar-refractivity contribution < 1.29 is 4.79 Å². The van der Waals surface area contributed by atoms with Gasteiger partial charge in [-0.05, 0) is 43.1 Å². The average Bonchev–Trinajstić information content (AvgIpc) is 2.70. The van der Waals surface area contributed by atoms with Crippen LogP contribution in [-0.4, -0.2) is 29.9 Å². The smallest absolute Gasteiger partial charge is 0.227 e. The van der Waals surface area contributed by atoms with Crippen LogP contribution in [0.3, 0.4) is 0 Å². The highest BCUT2D eigenvalue weighted by atomic mass is 35.5. The Labute approximate surface area is 123 Å². The molecule has 2 N–H and O–H groups in total. The highest BCUT2D eigenvalue weighted by molar-refractivity contribution is 5.85. The van der Waals surface area contributed by atoms with Gasteiger partial charge in [0.15, 0.2) is 0 Å². The Morgan fingerprint density at radius 2 is 1.79 bits per heavy atom. The first-order valence-electron chi connectivity index (χ1n) is 7.34. The first kappa shape index (κ1) is 16.8. The van der Waals surface area contributed by atoms with E-state index in [1.54, 1.807) is 0 Å². The van der Waals surface area contributed by atoms with Crippen LogP contribution in [0.2, 0.25) is 0 Å². The molecule has 0 aromatic rings. The molecule has 0 aromatic carbocycles. The molecule has 2 fully saturated rings. The lowest BCUT2D eigenvalue weighted by Gasteiger charge is -2.36. The van der Waals surface area contributed by atoms with Crippen LogP contribution in [0, 0.1) is 16.7 Å². The summed E-state index contributed by atoms with van der Waals surface area (Å²) in [7, 11) is 0. The molecule has 0 aromatic heterocycles. The number of carbonyl (C=O) groups excluding carboxylic acids is 1. The molecule has 19 heavy (non-hydrogen) atoms. The van der Waals surface area contributed by atoms with E-state index in [1.807, 2.05) is 0 Å². The van der Waals surface area contributed by atoms with Gasteiger partial charge in [-0.25, -0.2) is 0 Å². The van der Waals surface area contributed by atoms with Gasteiger partial charge in [-0.2, -0.15) is 0 Å². The van der Waals surface area contributed by atoms with Crippen molar-refractivity contribution in [1.82, 2.24) is 4.90 Å². The number of amides is 1. The molecule has 1 saturated heterocycles. The first-order valence-corrected chi connectivity index (χ1v) is 7.34. The minimum Gasteiger partial charge on any atom is -0.339 e. The van der Waals surface area contributed by atoms with Crippen molar-refractivity contribution in [3.8, 4) is 0 Å². The third kappa shape index (κ3) is 2.64. The maximum absolute atomic E-state index is 12.8. The summed E-state index contributed by atoms with van der Waals surface area (Å²) in [6, 6.07) is 0.392. The van der Waals surface area contributed by atoms with Crippen LogP contribution in [0.4, 0.5) is 0 Å². The molecule has 1 heterocycles. The number of hydrogen-bond acceptors (Lipinski definition) is 2. The van der Waals surface area contributed by atoms with Gasteiger partial charge in [0.1, 0.15) is 0 Å². The lowest BCUT2D eigenvalue weighted by atomic mass is 9.98. The first-order chi connectivity index (χ1) is 8.34. The van der Waals surface area contributed by atoms with Gasteiger partial charge in [0.05, 0.1) is 0 Å². The predicted octanol–water partition coefficient (Wildman–Crippen LogP) is 2.82. The topological polar surface area (TPSA) is 46.3 Å². The Hall–Kier alpha value is -0.280. The second-order valence-electron chi connectivity index (χ2n) is 7.13. The molecule has 0 spiro atoms. The van der Waals surface area contributed by atoms with E-state index in [0.29, 0.717) is 18.5 Å².